The maximum Gasteiger partial charge on any atom is 0.239 e. The van der Waals surface area contributed by atoms with Crippen LogP contribution in [0.15, 0.2) is 30.3 Å². The zero-order valence-corrected chi connectivity index (χ0v) is 12.9. The van der Waals surface area contributed by atoms with Gasteiger partial charge in [-0.25, -0.2) is 0 Å². The van der Waals surface area contributed by atoms with Crippen LogP contribution in [0.25, 0.3) is 0 Å². The number of aryl methyl sites for hydroxylation is 1. The largest absolute Gasteiger partial charge is 0.493 e. The summed E-state index contributed by atoms with van der Waals surface area (Å²) in [6.45, 7) is 6.88. The number of methoxy groups -OCH3 is 1. The molecule has 1 aromatic carbocycles. The van der Waals surface area contributed by atoms with E-state index in [1.165, 1.54) is 0 Å². The van der Waals surface area contributed by atoms with Crippen LogP contribution >= 0.6 is 0 Å². The molecule has 2 aromatic rings. The molecule has 0 bridgehead atoms. The molecule has 5 heteroatoms. The predicted octanol–water partition coefficient (Wildman–Crippen LogP) is 3.08. The first-order valence-electron chi connectivity index (χ1n) is 6.97. The second kappa shape index (κ2) is 7.04. The van der Waals surface area contributed by atoms with E-state index in [1.54, 1.807) is 7.11 Å². The molecule has 0 fully saturated rings. The standard InChI is InChI=1S/C16H21N3O2/c1-11(2)17-10-13-6-8-16(19-18-13)21-14-7-5-12(3)9-15(14)20-4/h5-9,11,17H,10H2,1-4H3. The highest BCUT2D eigenvalue weighted by atomic mass is 16.5. The zero-order valence-electron chi connectivity index (χ0n) is 12.9. The van der Waals surface area contributed by atoms with Gasteiger partial charge in [-0.2, -0.15) is 5.10 Å². The Labute approximate surface area is 125 Å². The number of aromatic nitrogens is 2. The number of ether oxygens (including phenoxy) is 2. The molecule has 0 amide bonds. The molecule has 0 aliphatic carbocycles. The molecule has 5 nitrogen and oxygen atoms in total. The summed E-state index contributed by atoms with van der Waals surface area (Å²) in [6, 6.07) is 9.88. The maximum absolute atomic E-state index is 5.72. The van der Waals surface area contributed by atoms with E-state index >= 15 is 0 Å². The Morgan fingerprint density at radius 2 is 1.90 bits per heavy atom. The third-order valence-corrected chi connectivity index (χ3v) is 2.92. The average molecular weight is 287 g/mol. The molecular weight excluding hydrogens is 266 g/mol. The fourth-order valence-corrected chi connectivity index (χ4v) is 1.78. The van der Waals surface area contributed by atoms with Crippen molar-refractivity contribution in [2.24, 2.45) is 0 Å². The predicted molar refractivity (Wildman–Crippen MR) is 81.8 cm³/mol. The third kappa shape index (κ3) is 4.43. The zero-order chi connectivity index (χ0) is 15.2. The summed E-state index contributed by atoms with van der Waals surface area (Å²) in [5.74, 6) is 1.76. The van der Waals surface area contributed by atoms with E-state index in [0.29, 0.717) is 30.0 Å². The number of benzene rings is 1. The van der Waals surface area contributed by atoms with E-state index in [0.717, 1.165) is 11.3 Å². The van der Waals surface area contributed by atoms with E-state index in [-0.39, 0.29) is 0 Å². The Morgan fingerprint density at radius 1 is 1.10 bits per heavy atom. The minimum atomic E-state index is 0.416. The van der Waals surface area contributed by atoms with Crippen LogP contribution in [0.3, 0.4) is 0 Å². The molecular formula is C16H21N3O2. The molecule has 0 saturated carbocycles. The van der Waals surface area contributed by atoms with Gasteiger partial charge in [0.05, 0.1) is 12.8 Å². The molecule has 21 heavy (non-hydrogen) atoms. The third-order valence-electron chi connectivity index (χ3n) is 2.92. The van der Waals surface area contributed by atoms with Crippen LogP contribution in [0.1, 0.15) is 25.1 Å². The van der Waals surface area contributed by atoms with E-state index in [9.17, 15) is 0 Å². The van der Waals surface area contributed by atoms with Gasteiger partial charge in [-0.05, 0) is 30.7 Å². The minimum Gasteiger partial charge on any atom is -0.493 e. The van der Waals surface area contributed by atoms with Gasteiger partial charge in [-0.15, -0.1) is 5.10 Å². The maximum atomic E-state index is 5.72. The van der Waals surface area contributed by atoms with Crippen LogP contribution in [0.2, 0.25) is 0 Å². The van der Waals surface area contributed by atoms with Crippen LogP contribution in [-0.2, 0) is 6.54 Å². The van der Waals surface area contributed by atoms with Crippen LogP contribution in [0.5, 0.6) is 17.4 Å². The van der Waals surface area contributed by atoms with Crippen molar-refractivity contribution in [1.29, 1.82) is 0 Å². The second-order valence-electron chi connectivity index (χ2n) is 5.15. The van der Waals surface area contributed by atoms with Gasteiger partial charge in [-0.3, -0.25) is 0 Å². The average Bonchev–Trinajstić information content (AvgIpc) is 2.48. The van der Waals surface area contributed by atoms with Gasteiger partial charge in [0.25, 0.3) is 0 Å². The molecule has 0 spiro atoms. The number of nitrogens with one attached hydrogen (secondary N) is 1. The van der Waals surface area contributed by atoms with Gasteiger partial charge in [0, 0.05) is 18.7 Å². The van der Waals surface area contributed by atoms with Crippen molar-refractivity contribution >= 4 is 0 Å². The summed E-state index contributed by atoms with van der Waals surface area (Å²) in [5.41, 5.74) is 1.99. The van der Waals surface area contributed by atoms with Gasteiger partial charge in [0.15, 0.2) is 11.5 Å². The summed E-state index contributed by atoms with van der Waals surface area (Å²) < 4.78 is 11.0. The molecule has 1 aromatic heterocycles. The Hall–Kier alpha value is -2.14. The first kappa shape index (κ1) is 15.3. The van der Waals surface area contributed by atoms with Crippen LogP contribution in [0, 0.1) is 6.92 Å². The highest BCUT2D eigenvalue weighted by Crippen LogP contribution is 2.31. The number of rotatable bonds is 6. The number of nitrogens with zero attached hydrogens (tertiary/aromatic N) is 2. The lowest BCUT2D eigenvalue weighted by Crippen LogP contribution is -2.22. The molecule has 1 N–H and O–H groups in total. The van der Waals surface area contributed by atoms with Gasteiger partial charge in [0.2, 0.25) is 5.88 Å². The topological polar surface area (TPSA) is 56.3 Å². The van der Waals surface area contributed by atoms with Crippen molar-refractivity contribution in [3.05, 3.63) is 41.6 Å². The molecule has 0 aliphatic heterocycles. The first-order valence-corrected chi connectivity index (χ1v) is 6.97. The summed E-state index contributed by atoms with van der Waals surface area (Å²) in [4.78, 5) is 0. The molecule has 0 atom stereocenters. The first-order chi connectivity index (χ1) is 10.1. The van der Waals surface area contributed by atoms with Crippen molar-refractivity contribution in [3.63, 3.8) is 0 Å². The summed E-state index contributed by atoms with van der Waals surface area (Å²) in [7, 11) is 1.62. The Kier molecular flexibility index (Phi) is 5.11. The second-order valence-corrected chi connectivity index (χ2v) is 5.15. The Balaban J connectivity index is 2.06. The minimum absolute atomic E-state index is 0.416. The van der Waals surface area contributed by atoms with Crippen molar-refractivity contribution in [1.82, 2.24) is 15.5 Å². The molecule has 0 unspecified atom stereocenters. The van der Waals surface area contributed by atoms with E-state index in [4.69, 9.17) is 9.47 Å². The fourth-order valence-electron chi connectivity index (χ4n) is 1.78. The lowest BCUT2D eigenvalue weighted by atomic mass is 10.2. The van der Waals surface area contributed by atoms with E-state index in [1.807, 2.05) is 37.3 Å². The van der Waals surface area contributed by atoms with Crippen LogP contribution in [0.4, 0.5) is 0 Å². The normalized spacial score (nSPS) is 10.7. The fraction of sp³-hybridized carbons (Fsp3) is 0.375. The van der Waals surface area contributed by atoms with Crippen molar-refractivity contribution in [3.8, 4) is 17.4 Å². The van der Waals surface area contributed by atoms with Gasteiger partial charge < -0.3 is 14.8 Å². The van der Waals surface area contributed by atoms with E-state index < -0.39 is 0 Å². The van der Waals surface area contributed by atoms with Gasteiger partial charge >= 0.3 is 0 Å². The van der Waals surface area contributed by atoms with Crippen LogP contribution in [-0.4, -0.2) is 23.3 Å². The highest BCUT2D eigenvalue weighted by Gasteiger charge is 2.07. The molecule has 0 saturated heterocycles. The Morgan fingerprint density at radius 3 is 2.52 bits per heavy atom. The smallest absolute Gasteiger partial charge is 0.239 e. The molecule has 1 heterocycles. The lowest BCUT2D eigenvalue weighted by Gasteiger charge is -2.10. The lowest BCUT2D eigenvalue weighted by molar-refractivity contribution is 0.371. The van der Waals surface area contributed by atoms with Gasteiger partial charge in [-0.1, -0.05) is 19.9 Å². The monoisotopic (exact) mass is 287 g/mol. The Bertz CT molecular complexity index is 583. The summed E-state index contributed by atoms with van der Waals surface area (Å²) >= 11 is 0. The molecule has 112 valence electrons. The van der Waals surface area contributed by atoms with Crippen molar-refractivity contribution in [2.45, 2.75) is 33.4 Å². The molecule has 0 aliphatic rings. The number of hydrogen-bond donors (Lipinski definition) is 1. The number of hydrogen-bond acceptors (Lipinski definition) is 5. The molecule has 0 radical (unpaired) electrons. The van der Waals surface area contributed by atoms with Crippen molar-refractivity contribution in [2.75, 3.05) is 7.11 Å². The summed E-state index contributed by atoms with van der Waals surface area (Å²) in [5, 5.41) is 11.5. The highest BCUT2D eigenvalue weighted by molar-refractivity contribution is 5.44. The summed E-state index contributed by atoms with van der Waals surface area (Å²) in [6.07, 6.45) is 0. The quantitative estimate of drug-likeness (QED) is 0.884. The molecule has 2 rings (SSSR count). The van der Waals surface area contributed by atoms with Crippen LogP contribution < -0.4 is 14.8 Å². The van der Waals surface area contributed by atoms with E-state index in [2.05, 4.69) is 29.4 Å². The van der Waals surface area contributed by atoms with Gasteiger partial charge in [0.1, 0.15) is 0 Å². The SMILES string of the molecule is COc1cc(C)ccc1Oc1ccc(CNC(C)C)nn1. The van der Waals surface area contributed by atoms with Crippen molar-refractivity contribution < 1.29 is 9.47 Å².